The molecule has 2 N–H and O–H groups in total. The predicted molar refractivity (Wildman–Crippen MR) is 173 cm³/mol. The number of benzene rings is 1. The van der Waals surface area contributed by atoms with Crippen LogP contribution in [0.4, 0.5) is 0 Å². The number of unbranched alkanes of at least 4 members (excludes halogenated alkanes) is 3. The van der Waals surface area contributed by atoms with E-state index in [4.69, 9.17) is 4.74 Å². The van der Waals surface area contributed by atoms with Gasteiger partial charge in [0.25, 0.3) is 0 Å². The molecule has 2 fully saturated rings. The Morgan fingerprint density at radius 2 is 1.84 bits per heavy atom. The van der Waals surface area contributed by atoms with Crippen molar-refractivity contribution in [3.05, 3.63) is 42.4 Å². The van der Waals surface area contributed by atoms with Crippen LogP contribution in [0.15, 0.2) is 36.5 Å². The van der Waals surface area contributed by atoms with E-state index in [9.17, 15) is 9.59 Å². The zero-order valence-corrected chi connectivity index (χ0v) is 26.9. The quantitative estimate of drug-likeness (QED) is 0.227. The average molecular weight is 590 g/mol. The Balaban J connectivity index is 0.000000225. The molecule has 2 aliphatic rings. The second-order valence-electron chi connectivity index (χ2n) is 12.7. The molecular weight excluding hydrogens is 538 g/mol. The van der Waals surface area contributed by atoms with Crippen molar-refractivity contribution in [1.29, 1.82) is 0 Å². The molecule has 1 aliphatic heterocycles. The molecule has 1 spiro atoms. The van der Waals surface area contributed by atoms with Gasteiger partial charge in [-0.2, -0.15) is 0 Å². The number of Topliss-reactive ketones (excluding diaryl/α,β-unsaturated/α-hetero) is 1. The first kappa shape index (κ1) is 32.6. The molecule has 8 heteroatoms. The second-order valence-corrected chi connectivity index (χ2v) is 12.7. The molecule has 5 rings (SSSR count). The number of pyridine rings is 1. The third-order valence-corrected chi connectivity index (χ3v) is 9.29. The number of ketones is 1. The molecule has 8 nitrogen and oxygen atoms in total. The Morgan fingerprint density at radius 1 is 1.12 bits per heavy atom. The van der Waals surface area contributed by atoms with E-state index < -0.39 is 0 Å². The molecule has 234 valence electrons. The van der Waals surface area contributed by atoms with Crippen molar-refractivity contribution in [2.75, 3.05) is 27.2 Å². The van der Waals surface area contributed by atoms with Crippen molar-refractivity contribution in [1.82, 2.24) is 25.2 Å². The number of nitrogens with one attached hydrogen (secondary N) is 2. The van der Waals surface area contributed by atoms with Crippen molar-refractivity contribution in [2.45, 2.75) is 97.4 Å². The molecule has 1 aliphatic carbocycles. The number of carbonyl (C=O) groups is 2. The van der Waals surface area contributed by atoms with Gasteiger partial charge in [-0.25, -0.2) is 9.97 Å². The average Bonchev–Trinajstić information content (AvgIpc) is 3.49. The Hall–Kier alpha value is -3.26. The first-order valence-corrected chi connectivity index (χ1v) is 16.2. The van der Waals surface area contributed by atoms with Crippen LogP contribution in [0.25, 0.3) is 22.2 Å². The van der Waals surface area contributed by atoms with Crippen molar-refractivity contribution >= 4 is 22.6 Å². The standard InChI is InChI=1S/C22H27N3O2.C13H24N2O/c1-3-17(26)11-6-4-5-7-13-21-23-15-20(24-21)18-14-16-10-8-9-12-19(16)25-22(18)27-2;1-10(2)15-8-13(9-15)6-4-11(5-7-13)12(16)14-3/h8-10,12,14-15H,3-7,11,13H2,1-2H3,(H,23,24);10-11H,4-9H2,1-3H3,(H,14,16). The topological polar surface area (TPSA) is 100 Å². The van der Waals surface area contributed by atoms with E-state index in [0.717, 1.165) is 79.4 Å². The lowest BCUT2D eigenvalue weighted by atomic mass is 9.65. The summed E-state index contributed by atoms with van der Waals surface area (Å²) in [5.41, 5.74) is 3.33. The fourth-order valence-corrected chi connectivity index (χ4v) is 6.41. The van der Waals surface area contributed by atoms with Gasteiger partial charge in [-0.15, -0.1) is 0 Å². The molecule has 1 saturated carbocycles. The first-order valence-electron chi connectivity index (χ1n) is 16.2. The van der Waals surface area contributed by atoms with Gasteiger partial charge in [-0.05, 0) is 69.9 Å². The number of fused-ring (bicyclic) bond motifs is 1. The number of hydrogen-bond acceptors (Lipinski definition) is 6. The first-order chi connectivity index (χ1) is 20.8. The van der Waals surface area contributed by atoms with Crippen molar-refractivity contribution < 1.29 is 14.3 Å². The largest absolute Gasteiger partial charge is 0.480 e. The minimum Gasteiger partial charge on any atom is -0.480 e. The lowest BCUT2D eigenvalue weighted by Crippen LogP contribution is -2.60. The number of rotatable bonds is 12. The van der Waals surface area contributed by atoms with Crippen LogP contribution in [-0.2, 0) is 16.0 Å². The molecule has 1 amide bonds. The highest BCUT2D eigenvalue weighted by atomic mass is 16.5. The maximum atomic E-state index is 11.5. The maximum Gasteiger partial charge on any atom is 0.223 e. The number of nitrogens with zero attached hydrogens (tertiary/aromatic N) is 3. The second kappa shape index (κ2) is 15.5. The lowest BCUT2D eigenvalue weighted by Gasteiger charge is -2.55. The van der Waals surface area contributed by atoms with Crippen LogP contribution in [0.2, 0.25) is 0 Å². The van der Waals surface area contributed by atoms with Gasteiger partial charge >= 0.3 is 0 Å². The number of likely N-dealkylation sites (tertiary alicyclic amines) is 1. The van der Waals surface area contributed by atoms with Crippen LogP contribution in [0.3, 0.4) is 0 Å². The molecule has 0 atom stereocenters. The monoisotopic (exact) mass is 589 g/mol. The van der Waals surface area contributed by atoms with Crippen molar-refractivity contribution in [3.8, 4) is 17.1 Å². The van der Waals surface area contributed by atoms with Gasteiger partial charge in [0.15, 0.2) is 0 Å². The molecule has 1 aromatic carbocycles. The zero-order chi connectivity index (χ0) is 30.8. The molecular formula is C35H51N5O3. The number of imidazole rings is 1. The van der Waals surface area contributed by atoms with Crippen molar-refractivity contribution in [2.24, 2.45) is 11.3 Å². The molecule has 2 aromatic heterocycles. The van der Waals surface area contributed by atoms with Gasteiger partial charge in [-0.1, -0.05) is 38.0 Å². The fraction of sp³-hybridized carbons (Fsp3) is 0.600. The number of ether oxygens (including phenoxy) is 1. The summed E-state index contributed by atoms with van der Waals surface area (Å²) in [6.45, 7) is 8.97. The van der Waals surface area contributed by atoms with Crippen LogP contribution < -0.4 is 10.1 Å². The zero-order valence-electron chi connectivity index (χ0n) is 26.9. The van der Waals surface area contributed by atoms with E-state index >= 15 is 0 Å². The summed E-state index contributed by atoms with van der Waals surface area (Å²) in [6.07, 6.45) is 13.1. The fourth-order valence-electron chi connectivity index (χ4n) is 6.41. The highest BCUT2D eigenvalue weighted by Gasteiger charge is 2.46. The molecule has 0 radical (unpaired) electrons. The predicted octanol–water partition coefficient (Wildman–Crippen LogP) is 6.74. The van der Waals surface area contributed by atoms with Gasteiger partial charge < -0.3 is 15.0 Å². The Kier molecular flexibility index (Phi) is 11.7. The number of aryl methyl sites for hydroxylation is 1. The molecule has 3 heterocycles. The van der Waals surface area contributed by atoms with Gasteiger partial charge in [0.2, 0.25) is 11.8 Å². The Bertz CT molecular complexity index is 1330. The Morgan fingerprint density at radius 3 is 2.51 bits per heavy atom. The summed E-state index contributed by atoms with van der Waals surface area (Å²) in [5, 5.41) is 3.85. The van der Waals surface area contributed by atoms with E-state index in [1.807, 2.05) is 37.4 Å². The summed E-state index contributed by atoms with van der Waals surface area (Å²) in [7, 11) is 3.39. The summed E-state index contributed by atoms with van der Waals surface area (Å²) in [5.74, 6) is 2.47. The molecule has 0 unspecified atom stereocenters. The summed E-state index contributed by atoms with van der Waals surface area (Å²) in [4.78, 5) is 37.9. The van der Waals surface area contributed by atoms with Crippen LogP contribution in [-0.4, -0.2) is 64.8 Å². The van der Waals surface area contributed by atoms with E-state index in [-0.39, 0.29) is 11.8 Å². The number of carbonyl (C=O) groups excluding carboxylic acids is 2. The van der Waals surface area contributed by atoms with E-state index in [1.54, 1.807) is 14.2 Å². The minimum absolute atomic E-state index is 0.245. The normalized spacial score (nSPS) is 16.5. The van der Waals surface area contributed by atoms with Crippen LogP contribution in [0.5, 0.6) is 5.88 Å². The highest BCUT2D eigenvalue weighted by Crippen LogP contribution is 2.46. The lowest BCUT2D eigenvalue weighted by molar-refractivity contribution is -0.128. The minimum atomic E-state index is 0.245. The number of hydrogen-bond donors (Lipinski definition) is 2. The number of H-pyrrole nitrogens is 1. The summed E-state index contributed by atoms with van der Waals surface area (Å²) in [6, 6.07) is 10.8. The van der Waals surface area contributed by atoms with Crippen LogP contribution >= 0.6 is 0 Å². The number of aromatic amines is 1. The van der Waals surface area contributed by atoms with Crippen LogP contribution in [0, 0.1) is 11.3 Å². The van der Waals surface area contributed by atoms with Gasteiger partial charge in [0.05, 0.1) is 30.1 Å². The van der Waals surface area contributed by atoms with Crippen LogP contribution in [0.1, 0.15) is 90.8 Å². The highest BCUT2D eigenvalue weighted by molar-refractivity contribution is 5.85. The number of methoxy groups -OCH3 is 1. The molecule has 3 aromatic rings. The molecule has 43 heavy (non-hydrogen) atoms. The van der Waals surface area contributed by atoms with Gasteiger partial charge in [-0.3, -0.25) is 14.5 Å². The number of para-hydroxylation sites is 1. The maximum absolute atomic E-state index is 11.5. The third-order valence-electron chi connectivity index (χ3n) is 9.29. The van der Waals surface area contributed by atoms with E-state index in [0.29, 0.717) is 29.5 Å². The SMILES string of the molecule is CCC(=O)CCCCCCc1ncc(-c2cc3ccccc3nc2OC)[nH]1.CNC(=O)C1CCC2(CC1)CN(C(C)C)C2. The summed E-state index contributed by atoms with van der Waals surface area (Å²) >= 11 is 0. The summed E-state index contributed by atoms with van der Waals surface area (Å²) < 4.78 is 5.48. The van der Waals surface area contributed by atoms with E-state index in [1.165, 1.54) is 25.9 Å². The number of aromatic nitrogens is 3. The third kappa shape index (κ3) is 8.65. The smallest absolute Gasteiger partial charge is 0.223 e. The Labute approximate surface area is 257 Å². The van der Waals surface area contributed by atoms with Gasteiger partial charge in [0.1, 0.15) is 11.6 Å². The molecule has 1 saturated heterocycles. The number of amides is 1. The van der Waals surface area contributed by atoms with Gasteiger partial charge in [0, 0.05) is 56.7 Å². The van der Waals surface area contributed by atoms with E-state index in [2.05, 4.69) is 45.1 Å². The van der Waals surface area contributed by atoms with Crippen molar-refractivity contribution in [3.63, 3.8) is 0 Å². The molecule has 0 bridgehead atoms.